The molecule has 3 aliphatic rings. The molecule has 0 N–H and O–H groups in total. The molecule has 0 unspecified atom stereocenters. The van der Waals surface area contributed by atoms with Gasteiger partial charge in [-0.25, -0.2) is 0 Å². The quantitative estimate of drug-likeness (QED) is 0.434. The van der Waals surface area contributed by atoms with Crippen molar-refractivity contribution in [2.24, 2.45) is 23.2 Å². The van der Waals surface area contributed by atoms with Crippen molar-refractivity contribution in [3.63, 3.8) is 0 Å². The van der Waals surface area contributed by atoms with Crippen LogP contribution in [0.25, 0.3) is 0 Å². The Hall–Kier alpha value is -1.85. The molecule has 1 saturated carbocycles. The van der Waals surface area contributed by atoms with E-state index in [1.165, 1.54) is 14.0 Å². The summed E-state index contributed by atoms with van der Waals surface area (Å²) < 4.78 is 16.0. The maximum Gasteiger partial charge on any atom is 0.317 e. The normalized spacial score (nSPS) is 42.3. The van der Waals surface area contributed by atoms with Gasteiger partial charge in [0.15, 0.2) is 0 Å². The summed E-state index contributed by atoms with van der Waals surface area (Å²) in [7, 11) is 1.32. The molecule has 0 radical (unpaired) electrons. The molecule has 0 amide bonds. The molecule has 6 atom stereocenters. The Morgan fingerprint density at radius 3 is 2.68 bits per heavy atom. The van der Waals surface area contributed by atoms with E-state index in [-0.39, 0.29) is 11.9 Å². The maximum atomic E-state index is 12.7. The summed E-state index contributed by atoms with van der Waals surface area (Å²) in [4.78, 5) is 36.4. The van der Waals surface area contributed by atoms with E-state index in [0.29, 0.717) is 12.8 Å². The third-order valence-corrected chi connectivity index (χ3v) is 5.23. The van der Waals surface area contributed by atoms with Crippen molar-refractivity contribution in [2.75, 3.05) is 7.11 Å². The Labute approximate surface area is 128 Å². The van der Waals surface area contributed by atoms with Crippen LogP contribution in [0.2, 0.25) is 0 Å². The first-order chi connectivity index (χ1) is 10.4. The van der Waals surface area contributed by atoms with Crippen LogP contribution in [-0.4, -0.2) is 37.2 Å². The second kappa shape index (κ2) is 5.11. The molecule has 0 bridgehead atoms. The summed E-state index contributed by atoms with van der Waals surface area (Å²) in [5.41, 5.74) is -1.08. The van der Waals surface area contributed by atoms with E-state index in [2.05, 4.69) is 0 Å². The monoisotopic (exact) mass is 308 g/mol. The molecule has 0 aromatic rings. The third kappa shape index (κ3) is 1.82. The zero-order valence-corrected chi connectivity index (χ0v) is 12.9. The fourth-order valence-corrected chi connectivity index (χ4v) is 4.48. The van der Waals surface area contributed by atoms with Crippen molar-refractivity contribution in [2.45, 2.75) is 38.9 Å². The lowest BCUT2D eigenvalue weighted by atomic mass is 9.53. The van der Waals surface area contributed by atoms with Crippen molar-refractivity contribution in [3.05, 3.63) is 12.2 Å². The molecular weight excluding hydrogens is 288 g/mol. The van der Waals surface area contributed by atoms with E-state index in [9.17, 15) is 14.4 Å². The number of carbonyl (C=O) groups is 3. The van der Waals surface area contributed by atoms with Gasteiger partial charge in [0, 0.05) is 12.8 Å². The minimum absolute atomic E-state index is 0.121. The van der Waals surface area contributed by atoms with Gasteiger partial charge in [0.2, 0.25) is 0 Å². The summed E-state index contributed by atoms with van der Waals surface area (Å²) in [6.07, 6.45) is 3.90. The van der Waals surface area contributed by atoms with Crippen LogP contribution < -0.4 is 0 Å². The highest BCUT2D eigenvalue weighted by atomic mass is 16.6. The van der Waals surface area contributed by atoms with E-state index in [0.717, 1.165) is 0 Å². The highest BCUT2D eigenvalue weighted by Gasteiger charge is 2.71. The van der Waals surface area contributed by atoms with E-state index in [1.54, 1.807) is 0 Å². The van der Waals surface area contributed by atoms with Crippen LogP contribution in [0.3, 0.4) is 0 Å². The number of rotatable bonds is 2. The molecule has 1 heterocycles. The number of hydrogen-bond acceptors (Lipinski definition) is 6. The van der Waals surface area contributed by atoms with Gasteiger partial charge < -0.3 is 14.2 Å². The van der Waals surface area contributed by atoms with E-state index < -0.39 is 41.4 Å². The Balaban J connectivity index is 2.12. The minimum Gasteiger partial charge on any atom is -0.468 e. The molecule has 2 aliphatic carbocycles. The largest absolute Gasteiger partial charge is 0.468 e. The van der Waals surface area contributed by atoms with Gasteiger partial charge in [-0.1, -0.05) is 19.1 Å². The van der Waals surface area contributed by atoms with Gasteiger partial charge in [-0.05, 0) is 18.8 Å². The minimum atomic E-state index is -1.08. The lowest BCUT2D eigenvalue weighted by Gasteiger charge is -2.48. The van der Waals surface area contributed by atoms with Gasteiger partial charge in [-0.3, -0.25) is 14.4 Å². The average Bonchev–Trinajstić information content (AvgIpc) is 2.78. The second-order valence-corrected chi connectivity index (χ2v) is 6.32. The Bertz CT molecular complexity index is 553. The van der Waals surface area contributed by atoms with Gasteiger partial charge in [0.1, 0.15) is 17.6 Å². The first kappa shape index (κ1) is 15.1. The van der Waals surface area contributed by atoms with Gasteiger partial charge in [-0.2, -0.15) is 0 Å². The first-order valence-electron chi connectivity index (χ1n) is 7.57. The molecule has 0 aromatic heterocycles. The van der Waals surface area contributed by atoms with Crippen LogP contribution >= 0.6 is 0 Å². The molecule has 120 valence electrons. The predicted molar refractivity (Wildman–Crippen MR) is 74.4 cm³/mol. The van der Waals surface area contributed by atoms with Gasteiger partial charge in [0.05, 0.1) is 13.0 Å². The number of allylic oxidation sites excluding steroid dienone is 1. The number of esters is 3. The molecule has 3 rings (SSSR count). The lowest BCUT2D eigenvalue weighted by Crippen LogP contribution is -2.59. The average molecular weight is 308 g/mol. The Kier molecular flexibility index (Phi) is 3.50. The number of methoxy groups -OCH3 is 1. The highest BCUT2D eigenvalue weighted by molar-refractivity contribution is 5.91. The van der Waals surface area contributed by atoms with Crippen molar-refractivity contribution in [1.29, 1.82) is 0 Å². The Morgan fingerprint density at radius 1 is 1.32 bits per heavy atom. The van der Waals surface area contributed by atoms with Crippen LogP contribution in [0.15, 0.2) is 12.2 Å². The number of hydrogen-bond donors (Lipinski definition) is 0. The second-order valence-electron chi connectivity index (χ2n) is 6.32. The molecule has 1 aliphatic heterocycles. The van der Waals surface area contributed by atoms with Crippen LogP contribution in [0.5, 0.6) is 0 Å². The predicted octanol–water partition coefficient (Wildman–Crippen LogP) is 1.23. The Morgan fingerprint density at radius 2 is 2.05 bits per heavy atom. The topological polar surface area (TPSA) is 78.9 Å². The third-order valence-electron chi connectivity index (χ3n) is 5.23. The van der Waals surface area contributed by atoms with Crippen molar-refractivity contribution in [3.8, 4) is 0 Å². The molecule has 6 nitrogen and oxygen atoms in total. The van der Waals surface area contributed by atoms with Gasteiger partial charge >= 0.3 is 17.9 Å². The van der Waals surface area contributed by atoms with Crippen LogP contribution in [-0.2, 0) is 28.6 Å². The summed E-state index contributed by atoms with van der Waals surface area (Å²) in [6, 6.07) is 0. The summed E-state index contributed by atoms with van der Waals surface area (Å²) >= 11 is 0. The van der Waals surface area contributed by atoms with Gasteiger partial charge in [-0.15, -0.1) is 0 Å². The standard InChI is InChI=1S/C16H20O6/c1-8-4-5-10-11(21-9(2)17)6-7-12-16(10,15(19)20-3)13(8)14(18)22-12/h4-5,8,10-13H,6-7H2,1-3H3/t8-,10-,11-,12-,13+,16+/m1/s1. The van der Waals surface area contributed by atoms with Crippen LogP contribution in [0.4, 0.5) is 0 Å². The maximum absolute atomic E-state index is 12.7. The molecule has 2 fully saturated rings. The van der Waals surface area contributed by atoms with Crippen molar-refractivity contribution in [1.82, 2.24) is 0 Å². The summed E-state index contributed by atoms with van der Waals surface area (Å²) in [6.45, 7) is 3.24. The lowest BCUT2D eigenvalue weighted by molar-refractivity contribution is -0.182. The summed E-state index contributed by atoms with van der Waals surface area (Å²) in [5, 5.41) is 0. The zero-order valence-electron chi connectivity index (χ0n) is 12.9. The SMILES string of the molecule is COC(=O)[C@]12[C@@H]3C=C[C@@H](C)[C@H]1C(=O)O[C@@H]2CC[C@H]3OC(C)=O. The summed E-state index contributed by atoms with van der Waals surface area (Å²) in [5.74, 6) is -2.30. The van der Waals surface area contributed by atoms with Crippen LogP contribution in [0, 0.1) is 23.2 Å². The zero-order chi connectivity index (χ0) is 16.1. The number of carbonyl (C=O) groups excluding carboxylic acids is 3. The van der Waals surface area contributed by atoms with Crippen molar-refractivity contribution < 1.29 is 28.6 Å². The smallest absolute Gasteiger partial charge is 0.317 e. The van der Waals surface area contributed by atoms with E-state index >= 15 is 0 Å². The fourth-order valence-electron chi connectivity index (χ4n) is 4.48. The van der Waals surface area contributed by atoms with E-state index in [4.69, 9.17) is 14.2 Å². The van der Waals surface area contributed by atoms with Crippen LogP contribution in [0.1, 0.15) is 26.7 Å². The molecule has 1 saturated heterocycles. The highest BCUT2D eigenvalue weighted by Crippen LogP contribution is 2.59. The molecular formula is C16H20O6. The molecule has 6 heteroatoms. The van der Waals surface area contributed by atoms with E-state index in [1.807, 2.05) is 19.1 Å². The van der Waals surface area contributed by atoms with Gasteiger partial charge in [0.25, 0.3) is 0 Å². The first-order valence-corrected chi connectivity index (χ1v) is 7.57. The van der Waals surface area contributed by atoms with Crippen molar-refractivity contribution >= 4 is 17.9 Å². The molecule has 0 aromatic carbocycles. The molecule has 22 heavy (non-hydrogen) atoms. The fraction of sp³-hybridized carbons (Fsp3) is 0.688. The number of ether oxygens (including phenoxy) is 3. The molecule has 0 spiro atoms.